The minimum absolute atomic E-state index is 0.528. The molecular formula is C25H44O8. The summed E-state index contributed by atoms with van der Waals surface area (Å²) in [4.78, 5) is 0. The van der Waals surface area contributed by atoms with Crippen LogP contribution in [0.3, 0.4) is 0 Å². The molecule has 8 heteroatoms. The average Bonchev–Trinajstić information content (AvgIpc) is 2.85. The SMILES string of the molecule is CCC(C)COCCOCCOCCOCCOCCOCCOCCOc1ccccc1. The van der Waals surface area contributed by atoms with Crippen molar-refractivity contribution in [3.8, 4) is 5.75 Å². The van der Waals surface area contributed by atoms with Crippen molar-refractivity contribution < 1.29 is 37.9 Å². The second-order valence-electron chi connectivity index (χ2n) is 7.42. The fraction of sp³-hybridized carbons (Fsp3) is 0.760. The van der Waals surface area contributed by atoms with Crippen LogP contribution in [0.4, 0.5) is 0 Å². The highest BCUT2D eigenvalue weighted by atomic mass is 16.6. The summed E-state index contributed by atoms with van der Waals surface area (Å²) in [6.45, 7) is 12.9. The maximum atomic E-state index is 5.54. The van der Waals surface area contributed by atoms with Crippen molar-refractivity contribution in [3.63, 3.8) is 0 Å². The summed E-state index contributed by atoms with van der Waals surface area (Å²) in [7, 11) is 0. The molecule has 0 saturated carbocycles. The first-order valence-electron chi connectivity index (χ1n) is 12.0. The van der Waals surface area contributed by atoms with E-state index >= 15 is 0 Å². The molecule has 0 radical (unpaired) electrons. The lowest BCUT2D eigenvalue weighted by Crippen LogP contribution is -2.15. The van der Waals surface area contributed by atoms with Crippen LogP contribution in [0.2, 0.25) is 0 Å². The molecule has 0 spiro atoms. The highest BCUT2D eigenvalue weighted by molar-refractivity contribution is 5.20. The van der Waals surface area contributed by atoms with Crippen LogP contribution in [0, 0.1) is 5.92 Å². The van der Waals surface area contributed by atoms with Gasteiger partial charge in [0.15, 0.2) is 0 Å². The van der Waals surface area contributed by atoms with Crippen LogP contribution in [-0.4, -0.2) is 99.1 Å². The molecule has 192 valence electrons. The van der Waals surface area contributed by atoms with E-state index in [-0.39, 0.29) is 0 Å². The predicted molar refractivity (Wildman–Crippen MR) is 127 cm³/mol. The fourth-order valence-electron chi connectivity index (χ4n) is 2.46. The van der Waals surface area contributed by atoms with E-state index in [0.29, 0.717) is 98.4 Å². The molecule has 1 aromatic carbocycles. The van der Waals surface area contributed by atoms with Gasteiger partial charge in [-0.25, -0.2) is 0 Å². The molecule has 0 aromatic heterocycles. The summed E-state index contributed by atoms with van der Waals surface area (Å²) >= 11 is 0. The zero-order chi connectivity index (χ0) is 23.7. The molecule has 0 heterocycles. The summed E-state index contributed by atoms with van der Waals surface area (Å²) in [5.41, 5.74) is 0. The van der Waals surface area contributed by atoms with E-state index in [1.807, 2.05) is 30.3 Å². The van der Waals surface area contributed by atoms with Crippen molar-refractivity contribution in [2.75, 3.05) is 99.1 Å². The standard InChI is InChI=1S/C25H44O8/c1-3-24(2)23-32-20-19-30-16-15-28-12-11-26-9-10-27-13-14-29-17-18-31-21-22-33-25-7-5-4-6-8-25/h4-8,24H,3,9-23H2,1-2H3. The summed E-state index contributed by atoms with van der Waals surface area (Å²) in [6, 6.07) is 9.69. The molecule has 0 amide bonds. The van der Waals surface area contributed by atoms with Crippen molar-refractivity contribution in [1.29, 1.82) is 0 Å². The van der Waals surface area contributed by atoms with Crippen LogP contribution in [0.1, 0.15) is 20.3 Å². The van der Waals surface area contributed by atoms with Crippen LogP contribution < -0.4 is 4.74 Å². The maximum absolute atomic E-state index is 5.54. The molecule has 8 nitrogen and oxygen atoms in total. The van der Waals surface area contributed by atoms with Crippen molar-refractivity contribution in [1.82, 2.24) is 0 Å². The summed E-state index contributed by atoms with van der Waals surface area (Å²) in [5, 5.41) is 0. The number of ether oxygens (including phenoxy) is 8. The number of hydrogen-bond donors (Lipinski definition) is 0. The van der Waals surface area contributed by atoms with Crippen molar-refractivity contribution in [2.24, 2.45) is 5.92 Å². The molecule has 1 unspecified atom stereocenters. The molecule has 1 aromatic rings. The monoisotopic (exact) mass is 472 g/mol. The Morgan fingerprint density at radius 1 is 0.515 bits per heavy atom. The number of para-hydroxylation sites is 1. The van der Waals surface area contributed by atoms with Gasteiger partial charge in [-0.2, -0.15) is 0 Å². The molecule has 0 aliphatic carbocycles. The Balaban J connectivity index is 1.65. The largest absolute Gasteiger partial charge is 0.491 e. The van der Waals surface area contributed by atoms with Gasteiger partial charge >= 0.3 is 0 Å². The second-order valence-corrected chi connectivity index (χ2v) is 7.42. The smallest absolute Gasteiger partial charge is 0.119 e. The minimum atomic E-state index is 0.528. The van der Waals surface area contributed by atoms with Crippen LogP contribution >= 0.6 is 0 Å². The molecule has 33 heavy (non-hydrogen) atoms. The van der Waals surface area contributed by atoms with Gasteiger partial charge in [0.1, 0.15) is 12.4 Å². The summed E-state index contributed by atoms with van der Waals surface area (Å²) in [5.74, 6) is 1.46. The molecule has 0 fully saturated rings. The molecule has 1 rings (SSSR count). The molecule has 0 N–H and O–H groups in total. The Bertz CT molecular complexity index is 502. The zero-order valence-electron chi connectivity index (χ0n) is 20.5. The van der Waals surface area contributed by atoms with E-state index in [0.717, 1.165) is 18.8 Å². The molecule has 0 saturated heterocycles. The molecule has 0 aliphatic heterocycles. The van der Waals surface area contributed by atoms with Crippen LogP contribution in [0.5, 0.6) is 5.75 Å². The molecular weight excluding hydrogens is 428 g/mol. The minimum Gasteiger partial charge on any atom is -0.491 e. The number of hydrogen-bond acceptors (Lipinski definition) is 8. The van der Waals surface area contributed by atoms with Gasteiger partial charge in [0, 0.05) is 6.61 Å². The van der Waals surface area contributed by atoms with Gasteiger partial charge < -0.3 is 37.9 Å². The van der Waals surface area contributed by atoms with Crippen molar-refractivity contribution in [3.05, 3.63) is 30.3 Å². The Labute approximate surface area is 199 Å². The maximum Gasteiger partial charge on any atom is 0.119 e. The first-order valence-corrected chi connectivity index (χ1v) is 12.0. The Morgan fingerprint density at radius 3 is 1.27 bits per heavy atom. The van der Waals surface area contributed by atoms with E-state index in [9.17, 15) is 0 Å². The summed E-state index contributed by atoms with van der Waals surface area (Å²) < 4.78 is 43.8. The lowest BCUT2D eigenvalue weighted by molar-refractivity contribution is -0.0221. The Kier molecular flexibility index (Phi) is 21.5. The topological polar surface area (TPSA) is 73.8 Å². The highest BCUT2D eigenvalue weighted by Gasteiger charge is 1.98. The van der Waals surface area contributed by atoms with Gasteiger partial charge in [-0.3, -0.25) is 0 Å². The third kappa shape index (κ3) is 21.0. The van der Waals surface area contributed by atoms with Gasteiger partial charge in [-0.05, 0) is 18.1 Å². The van der Waals surface area contributed by atoms with E-state index in [2.05, 4.69) is 13.8 Å². The third-order valence-electron chi connectivity index (χ3n) is 4.57. The van der Waals surface area contributed by atoms with Gasteiger partial charge in [0.2, 0.25) is 0 Å². The molecule has 0 aliphatic rings. The van der Waals surface area contributed by atoms with Crippen LogP contribution in [0.25, 0.3) is 0 Å². The molecule has 0 bridgehead atoms. The number of benzene rings is 1. The van der Waals surface area contributed by atoms with Crippen LogP contribution in [-0.2, 0) is 33.2 Å². The van der Waals surface area contributed by atoms with Crippen molar-refractivity contribution in [2.45, 2.75) is 20.3 Å². The fourth-order valence-corrected chi connectivity index (χ4v) is 2.46. The zero-order valence-corrected chi connectivity index (χ0v) is 20.5. The lowest BCUT2D eigenvalue weighted by Gasteiger charge is -2.10. The third-order valence-corrected chi connectivity index (χ3v) is 4.57. The first-order chi connectivity index (χ1) is 16.3. The second kappa shape index (κ2) is 23.9. The van der Waals surface area contributed by atoms with E-state index in [4.69, 9.17) is 37.9 Å². The van der Waals surface area contributed by atoms with Gasteiger partial charge in [-0.15, -0.1) is 0 Å². The quantitative estimate of drug-likeness (QED) is 0.201. The molecule has 1 atom stereocenters. The van der Waals surface area contributed by atoms with Gasteiger partial charge in [-0.1, -0.05) is 38.5 Å². The van der Waals surface area contributed by atoms with Gasteiger partial charge in [0.05, 0.1) is 85.9 Å². The van der Waals surface area contributed by atoms with E-state index in [1.165, 1.54) is 0 Å². The Hall–Kier alpha value is -1.26. The number of rotatable bonds is 25. The van der Waals surface area contributed by atoms with Crippen LogP contribution in [0.15, 0.2) is 30.3 Å². The lowest BCUT2D eigenvalue weighted by atomic mass is 10.1. The Morgan fingerprint density at radius 2 is 0.879 bits per heavy atom. The van der Waals surface area contributed by atoms with Crippen molar-refractivity contribution >= 4 is 0 Å². The van der Waals surface area contributed by atoms with E-state index in [1.54, 1.807) is 0 Å². The normalized spacial score (nSPS) is 12.2. The highest BCUT2D eigenvalue weighted by Crippen LogP contribution is 2.07. The van der Waals surface area contributed by atoms with Gasteiger partial charge in [0.25, 0.3) is 0 Å². The predicted octanol–water partition coefficient (Wildman–Crippen LogP) is 3.23. The van der Waals surface area contributed by atoms with E-state index < -0.39 is 0 Å². The first kappa shape index (κ1) is 29.8. The average molecular weight is 473 g/mol. The summed E-state index contributed by atoms with van der Waals surface area (Å²) in [6.07, 6.45) is 1.14.